The average molecular weight is 272 g/mol. The molecule has 1 fully saturated rings. The predicted molar refractivity (Wildman–Crippen MR) is 72.2 cm³/mol. The van der Waals surface area contributed by atoms with Gasteiger partial charge in [-0.2, -0.15) is 0 Å². The molecule has 2 heterocycles. The molecule has 0 radical (unpaired) electrons. The van der Waals surface area contributed by atoms with Gasteiger partial charge in [0.25, 0.3) is 11.8 Å². The Kier molecular flexibility index (Phi) is 3.04. The fraction of sp³-hybridized carbons (Fsp3) is 0.400. The first-order valence-corrected chi connectivity index (χ1v) is 6.81. The van der Waals surface area contributed by atoms with Crippen LogP contribution in [0.2, 0.25) is 0 Å². The third-order valence-corrected chi connectivity index (χ3v) is 3.88. The molecular formula is C15H16N2O3. The maximum atomic E-state index is 12.2. The number of carbonyl (C=O) groups is 3. The van der Waals surface area contributed by atoms with Crippen LogP contribution in [0.4, 0.5) is 0 Å². The number of amides is 3. The maximum Gasteiger partial charge on any atom is 0.261 e. The first-order chi connectivity index (χ1) is 9.58. The maximum absolute atomic E-state index is 12.2. The summed E-state index contributed by atoms with van der Waals surface area (Å²) in [5.74, 6) is -0.0608. The molecule has 2 aliphatic heterocycles. The Balaban J connectivity index is 1.70. The van der Waals surface area contributed by atoms with Crippen molar-refractivity contribution in [2.75, 3.05) is 19.6 Å². The van der Waals surface area contributed by atoms with Crippen LogP contribution in [-0.4, -0.2) is 47.2 Å². The first-order valence-electron chi connectivity index (χ1n) is 6.81. The van der Waals surface area contributed by atoms with Crippen LogP contribution in [0.3, 0.4) is 0 Å². The minimum absolute atomic E-state index is 0.106. The van der Waals surface area contributed by atoms with Gasteiger partial charge in [-0.25, -0.2) is 0 Å². The Morgan fingerprint density at radius 2 is 1.65 bits per heavy atom. The lowest BCUT2D eigenvalue weighted by Gasteiger charge is -2.20. The molecule has 0 N–H and O–H groups in total. The van der Waals surface area contributed by atoms with Crippen LogP contribution in [0.15, 0.2) is 24.3 Å². The molecule has 20 heavy (non-hydrogen) atoms. The van der Waals surface area contributed by atoms with Crippen molar-refractivity contribution in [2.45, 2.75) is 13.3 Å². The highest BCUT2D eigenvalue weighted by Gasteiger charge is 2.36. The molecule has 5 heteroatoms. The minimum Gasteiger partial charge on any atom is -0.341 e. The Hall–Kier alpha value is -2.17. The first kappa shape index (κ1) is 12.8. The highest BCUT2D eigenvalue weighted by Crippen LogP contribution is 2.23. The van der Waals surface area contributed by atoms with Crippen LogP contribution >= 0.6 is 0 Å². The van der Waals surface area contributed by atoms with Crippen LogP contribution in [0.25, 0.3) is 0 Å². The molecule has 0 saturated carbocycles. The van der Waals surface area contributed by atoms with Crippen molar-refractivity contribution in [1.29, 1.82) is 0 Å². The molecule has 2 aliphatic rings. The zero-order chi connectivity index (χ0) is 14.3. The van der Waals surface area contributed by atoms with Crippen molar-refractivity contribution in [1.82, 2.24) is 9.80 Å². The van der Waals surface area contributed by atoms with E-state index in [1.54, 1.807) is 29.2 Å². The van der Waals surface area contributed by atoms with Gasteiger partial charge >= 0.3 is 0 Å². The van der Waals surface area contributed by atoms with Gasteiger partial charge in [-0.15, -0.1) is 0 Å². The smallest absolute Gasteiger partial charge is 0.261 e. The molecule has 0 spiro atoms. The van der Waals surface area contributed by atoms with Crippen LogP contribution in [-0.2, 0) is 4.79 Å². The Labute approximate surface area is 117 Å². The molecule has 104 valence electrons. The largest absolute Gasteiger partial charge is 0.341 e. The summed E-state index contributed by atoms with van der Waals surface area (Å²) in [5.41, 5.74) is 0.914. The summed E-state index contributed by atoms with van der Waals surface area (Å²) in [5, 5.41) is 0. The minimum atomic E-state index is -0.259. The Bertz CT molecular complexity index is 562. The second-order valence-corrected chi connectivity index (χ2v) is 5.46. The lowest BCUT2D eigenvalue weighted by atomic mass is 10.1. The molecule has 1 saturated heterocycles. The average Bonchev–Trinajstić information content (AvgIpc) is 2.87. The second-order valence-electron chi connectivity index (χ2n) is 5.46. The molecular weight excluding hydrogens is 256 g/mol. The van der Waals surface area contributed by atoms with Gasteiger partial charge < -0.3 is 4.90 Å². The molecule has 3 rings (SSSR count). The molecule has 0 bridgehead atoms. The normalized spacial score (nSPS) is 21.9. The van der Waals surface area contributed by atoms with Crippen molar-refractivity contribution >= 4 is 17.7 Å². The summed E-state index contributed by atoms with van der Waals surface area (Å²) in [7, 11) is 0. The van der Waals surface area contributed by atoms with E-state index in [1.165, 1.54) is 4.90 Å². The lowest BCUT2D eigenvalue weighted by molar-refractivity contribution is -0.127. The number of benzene rings is 1. The number of imide groups is 1. The Morgan fingerprint density at radius 3 is 2.15 bits per heavy atom. The SMILES string of the molecule is CC1CC(=O)N(CCN2C(=O)c3ccccc3C2=O)C1. The fourth-order valence-electron chi connectivity index (χ4n) is 2.85. The van der Waals surface area contributed by atoms with E-state index in [0.29, 0.717) is 36.6 Å². The number of hydrogen-bond donors (Lipinski definition) is 0. The lowest BCUT2D eigenvalue weighted by Crippen LogP contribution is -2.38. The zero-order valence-electron chi connectivity index (χ0n) is 11.3. The number of fused-ring (bicyclic) bond motifs is 1. The van der Waals surface area contributed by atoms with E-state index in [2.05, 4.69) is 0 Å². The van der Waals surface area contributed by atoms with E-state index in [0.717, 1.165) is 0 Å². The van der Waals surface area contributed by atoms with Crippen molar-refractivity contribution < 1.29 is 14.4 Å². The zero-order valence-corrected chi connectivity index (χ0v) is 11.3. The molecule has 1 aromatic carbocycles. The van der Waals surface area contributed by atoms with Crippen LogP contribution < -0.4 is 0 Å². The van der Waals surface area contributed by atoms with Crippen molar-refractivity contribution in [2.24, 2.45) is 5.92 Å². The van der Waals surface area contributed by atoms with Crippen LogP contribution in [0.1, 0.15) is 34.1 Å². The van der Waals surface area contributed by atoms with Gasteiger partial charge in [0, 0.05) is 26.1 Å². The summed E-state index contributed by atoms with van der Waals surface area (Å²) in [6, 6.07) is 6.83. The third-order valence-electron chi connectivity index (χ3n) is 3.88. The van der Waals surface area contributed by atoms with Gasteiger partial charge in [0.05, 0.1) is 11.1 Å². The standard InChI is InChI=1S/C15H16N2O3/c1-10-8-13(18)16(9-10)6-7-17-14(19)11-4-2-3-5-12(11)15(17)20/h2-5,10H,6-9H2,1H3. The monoisotopic (exact) mass is 272 g/mol. The van der Waals surface area contributed by atoms with E-state index in [1.807, 2.05) is 6.92 Å². The summed E-state index contributed by atoms with van der Waals surface area (Å²) in [6.07, 6.45) is 0.558. The van der Waals surface area contributed by atoms with E-state index in [-0.39, 0.29) is 24.3 Å². The van der Waals surface area contributed by atoms with Crippen molar-refractivity contribution in [3.05, 3.63) is 35.4 Å². The number of likely N-dealkylation sites (tertiary alicyclic amines) is 1. The summed E-state index contributed by atoms with van der Waals surface area (Å²) >= 11 is 0. The topological polar surface area (TPSA) is 57.7 Å². The molecule has 1 aromatic rings. The molecule has 0 aromatic heterocycles. The van der Waals surface area contributed by atoms with Crippen LogP contribution in [0, 0.1) is 5.92 Å². The highest BCUT2D eigenvalue weighted by molar-refractivity contribution is 6.21. The summed E-state index contributed by atoms with van der Waals surface area (Å²) < 4.78 is 0. The summed E-state index contributed by atoms with van der Waals surface area (Å²) in [6.45, 7) is 3.43. The van der Waals surface area contributed by atoms with Crippen molar-refractivity contribution in [3.8, 4) is 0 Å². The van der Waals surface area contributed by atoms with E-state index < -0.39 is 0 Å². The Morgan fingerprint density at radius 1 is 1.05 bits per heavy atom. The van der Waals surface area contributed by atoms with E-state index in [4.69, 9.17) is 0 Å². The molecule has 5 nitrogen and oxygen atoms in total. The summed E-state index contributed by atoms with van der Waals surface area (Å²) in [4.78, 5) is 39.0. The highest BCUT2D eigenvalue weighted by atomic mass is 16.2. The molecule has 1 unspecified atom stereocenters. The molecule has 0 aliphatic carbocycles. The van der Waals surface area contributed by atoms with Gasteiger partial charge in [-0.1, -0.05) is 19.1 Å². The fourth-order valence-corrected chi connectivity index (χ4v) is 2.85. The quantitative estimate of drug-likeness (QED) is 0.776. The van der Waals surface area contributed by atoms with Gasteiger partial charge in [-0.05, 0) is 18.1 Å². The van der Waals surface area contributed by atoms with Gasteiger partial charge in [-0.3, -0.25) is 19.3 Å². The van der Waals surface area contributed by atoms with Gasteiger partial charge in [0.15, 0.2) is 0 Å². The number of hydrogen-bond acceptors (Lipinski definition) is 3. The van der Waals surface area contributed by atoms with E-state index in [9.17, 15) is 14.4 Å². The van der Waals surface area contributed by atoms with Gasteiger partial charge in [0.2, 0.25) is 5.91 Å². The third kappa shape index (κ3) is 1.99. The number of carbonyl (C=O) groups excluding carboxylic acids is 3. The van der Waals surface area contributed by atoms with Crippen LogP contribution in [0.5, 0.6) is 0 Å². The number of nitrogens with zero attached hydrogens (tertiary/aromatic N) is 2. The van der Waals surface area contributed by atoms with Gasteiger partial charge in [0.1, 0.15) is 0 Å². The molecule has 3 amide bonds. The predicted octanol–water partition coefficient (Wildman–Crippen LogP) is 1.15. The molecule has 1 atom stereocenters. The van der Waals surface area contributed by atoms with Crippen molar-refractivity contribution in [3.63, 3.8) is 0 Å². The second kappa shape index (κ2) is 4.74. The number of rotatable bonds is 3. The van der Waals surface area contributed by atoms with E-state index >= 15 is 0 Å².